The lowest BCUT2D eigenvalue weighted by Gasteiger charge is -2.23. The summed E-state index contributed by atoms with van der Waals surface area (Å²) in [6.45, 7) is 3.01. The number of carbonyl (C=O) groups excluding carboxylic acids is 2. The molecule has 198 valence electrons. The molecule has 0 aliphatic carbocycles. The minimum absolute atomic E-state index is 0.160. The Morgan fingerprint density at radius 2 is 2.00 bits per heavy atom. The number of anilines is 1. The first-order chi connectivity index (χ1) is 18.3. The van der Waals surface area contributed by atoms with Crippen LogP contribution in [0.2, 0.25) is 5.02 Å². The highest BCUT2D eigenvalue weighted by molar-refractivity contribution is 6.33. The zero-order chi connectivity index (χ0) is 26.8. The molecule has 8 nitrogen and oxygen atoms in total. The lowest BCUT2D eigenvalue weighted by atomic mass is 10.0. The van der Waals surface area contributed by atoms with Crippen molar-refractivity contribution in [3.63, 3.8) is 0 Å². The Morgan fingerprint density at radius 3 is 2.76 bits per heavy atom. The van der Waals surface area contributed by atoms with E-state index < -0.39 is 23.6 Å². The summed E-state index contributed by atoms with van der Waals surface area (Å²) in [7, 11) is 0. The molecule has 0 saturated carbocycles. The number of nitrogens with zero attached hydrogens (tertiary/aromatic N) is 3. The van der Waals surface area contributed by atoms with E-state index in [0.29, 0.717) is 41.0 Å². The van der Waals surface area contributed by atoms with Crippen molar-refractivity contribution in [2.24, 2.45) is 0 Å². The van der Waals surface area contributed by atoms with E-state index in [1.807, 2.05) is 12.1 Å². The van der Waals surface area contributed by atoms with E-state index in [4.69, 9.17) is 16.3 Å². The normalized spacial score (nSPS) is 16.3. The molecule has 1 aromatic heterocycles. The third-order valence-corrected chi connectivity index (χ3v) is 6.98. The quantitative estimate of drug-likeness (QED) is 0.457. The highest BCUT2D eigenvalue weighted by Gasteiger charge is 2.30. The summed E-state index contributed by atoms with van der Waals surface area (Å²) in [5.74, 6) is -1.74. The van der Waals surface area contributed by atoms with Crippen LogP contribution in [0.5, 0.6) is 0 Å². The summed E-state index contributed by atoms with van der Waals surface area (Å²) in [4.78, 5) is 36.1. The van der Waals surface area contributed by atoms with Crippen LogP contribution in [0.25, 0.3) is 11.3 Å². The molecule has 0 bridgehead atoms. The fraction of sp³-hybridized carbons (Fsp3) is 0.333. The molecule has 2 aromatic carbocycles. The fourth-order valence-electron chi connectivity index (χ4n) is 4.69. The van der Waals surface area contributed by atoms with Gasteiger partial charge in [0.15, 0.2) is 0 Å². The van der Waals surface area contributed by atoms with Crippen molar-refractivity contribution in [1.82, 2.24) is 20.2 Å². The van der Waals surface area contributed by atoms with Crippen molar-refractivity contribution in [3.8, 4) is 11.3 Å². The smallest absolute Gasteiger partial charge is 0.254 e. The molecule has 0 spiro atoms. The predicted molar refractivity (Wildman–Crippen MR) is 138 cm³/mol. The number of ether oxygens (including phenoxy) is 1. The predicted octanol–water partition coefficient (Wildman–Crippen LogP) is 4.50. The largest absolute Gasteiger partial charge is 0.381 e. The first-order valence-corrected chi connectivity index (χ1v) is 12.7. The average Bonchev–Trinajstić information content (AvgIpc) is 3.19. The van der Waals surface area contributed by atoms with E-state index >= 15 is 0 Å². The number of carbonyl (C=O) groups is 2. The van der Waals surface area contributed by atoms with E-state index in [9.17, 15) is 18.4 Å². The fourth-order valence-corrected chi connectivity index (χ4v) is 4.89. The van der Waals surface area contributed by atoms with Gasteiger partial charge in [-0.25, -0.2) is 18.7 Å². The third-order valence-electron chi connectivity index (χ3n) is 6.70. The van der Waals surface area contributed by atoms with Gasteiger partial charge in [0, 0.05) is 48.6 Å². The van der Waals surface area contributed by atoms with Gasteiger partial charge in [-0.15, -0.1) is 0 Å². The van der Waals surface area contributed by atoms with Gasteiger partial charge in [0.05, 0.1) is 23.0 Å². The lowest BCUT2D eigenvalue weighted by molar-refractivity contribution is -0.122. The van der Waals surface area contributed by atoms with Crippen molar-refractivity contribution in [2.45, 2.75) is 38.4 Å². The maximum Gasteiger partial charge on any atom is 0.254 e. The van der Waals surface area contributed by atoms with Crippen LogP contribution < -0.4 is 10.6 Å². The molecule has 2 N–H and O–H groups in total. The second kappa shape index (κ2) is 11.0. The van der Waals surface area contributed by atoms with Gasteiger partial charge in [-0.3, -0.25) is 9.59 Å². The molecule has 2 amide bonds. The van der Waals surface area contributed by atoms with Crippen LogP contribution in [0.1, 0.15) is 47.3 Å². The molecule has 3 aromatic rings. The molecule has 1 saturated heterocycles. The van der Waals surface area contributed by atoms with Gasteiger partial charge in [-0.05, 0) is 37.5 Å². The molecule has 0 radical (unpaired) electrons. The van der Waals surface area contributed by atoms with E-state index in [0.717, 1.165) is 30.5 Å². The van der Waals surface area contributed by atoms with Crippen LogP contribution in [0, 0.1) is 11.6 Å². The Labute approximate surface area is 223 Å². The van der Waals surface area contributed by atoms with Crippen LogP contribution in [-0.2, 0) is 16.1 Å². The van der Waals surface area contributed by atoms with Crippen LogP contribution in [-0.4, -0.2) is 52.5 Å². The number of halogens is 3. The van der Waals surface area contributed by atoms with E-state index in [-0.39, 0.29) is 30.6 Å². The van der Waals surface area contributed by atoms with Gasteiger partial charge in [-0.1, -0.05) is 29.8 Å². The second-order valence-corrected chi connectivity index (χ2v) is 9.82. The molecule has 3 heterocycles. The van der Waals surface area contributed by atoms with E-state index in [1.54, 1.807) is 13.0 Å². The van der Waals surface area contributed by atoms with Crippen molar-refractivity contribution in [2.75, 3.05) is 25.1 Å². The van der Waals surface area contributed by atoms with Crippen molar-refractivity contribution in [3.05, 3.63) is 75.9 Å². The summed E-state index contributed by atoms with van der Waals surface area (Å²) in [6.07, 6.45) is 3.24. The minimum atomic E-state index is -0.746. The van der Waals surface area contributed by atoms with Crippen molar-refractivity contribution < 1.29 is 23.1 Å². The molecule has 1 fully saturated rings. The Kier molecular flexibility index (Phi) is 7.53. The maximum absolute atomic E-state index is 14.1. The van der Waals surface area contributed by atoms with Crippen LogP contribution in [0.3, 0.4) is 0 Å². The van der Waals surface area contributed by atoms with Gasteiger partial charge >= 0.3 is 0 Å². The summed E-state index contributed by atoms with van der Waals surface area (Å²) in [6, 6.07) is 8.08. The molecule has 11 heteroatoms. The van der Waals surface area contributed by atoms with Gasteiger partial charge < -0.3 is 20.3 Å². The Bertz CT molecular complexity index is 1380. The molecule has 38 heavy (non-hydrogen) atoms. The minimum Gasteiger partial charge on any atom is -0.381 e. The number of aromatic nitrogens is 2. The van der Waals surface area contributed by atoms with E-state index in [2.05, 4.69) is 20.6 Å². The molecule has 2 aliphatic rings. The van der Waals surface area contributed by atoms with E-state index in [1.165, 1.54) is 17.2 Å². The zero-order valence-corrected chi connectivity index (χ0v) is 21.4. The Hall–Kier alpha value is -3.63. The molecule has 1 atom stereocenters. The zero-order valence-electron chi connectivity index (χ0n) is 20.6. The summed E-state index contributed by atoms with van der Waals surface area (Å²) < 4.78 is 32.7. The van der Waals surface area contributed by atoms with Crippen molar-refractivity contribution in [1.29, 1.82) is 0 Å². The number of fused-ring (bicyclic) bond motifs is 1. The Balaban J connectivity index is 1.27. The van der Waals surface area contributed by atoms with Gasteiger partial charge in [-0.2, -0.15) is 0 Å². The van der Waals surface area contributed by atoms with Crippen LogP contribution >= 0.6 is 11.6 Å². The van der Waals surface area contributed by atoms with Gasteiger partial charge in [0.25, 0.3) is 5.91 Å². The van der Waals surface area contributed by atoms with Crippen molar-refractivity contribution >= 4 is 29.4 Å². The monoisotopic (exact) mass is 541 g/mol. The molecule has 5 rings (SSSR count). The number of nitrogens with one attached hydrogen (secondary N) is 2. The standard InChI is InChI=1S/C27H26ClF2N5O3/c1-15(20-5-4-18(29)11-23(20)30)32-24(36)14-35-13-17-3-2-16(10-21(17)26(35)37)25-22(28)12-31-27(34-25)33-19-6-8-38-9-7-19/h2-5,10-12,15,19H,6-9,13-14H2,1H3,(H,32,36)(H,31,33,34). The third kappa shape index (κ3) is 5.61. The number of hydrogen-bond donors (Lipinski definition) is 2. The summed E-state index contributed by atoms with van der Waals surface area (Å²) >= 11 is 6.41. The molecular weight excluding hydrogens is 516 g/mol. The number of benzene rings is 2. The highest BCUT2D eigenvalue weighted by Crippen LogP contribution is 2.32. The second-order valence-electron chi connectivity index (χ2n) is 9.41. The summed E-state index contributed by atoms with van der Waals surface area (Å²) in [5.41, 5.74) is 2.55. The lowest BCUT2D eigenvalue weighted by Crippen LogP contribution is -2.38. The molecule has 2 aliphatic heterocycles. The first kappa shape index (κ1) is 26.0. The van der Waals surface area contributed by atoms with Crippen LogP contribution in [0.4, 0.5) is 14.7 Å². The first-order valence-electron chi connectivity index (χ1n) is 12.3. The highest BCUT2D eigenvalue weighted by atomic mass is 35.5. The number of amides is 2. The Morgan fingerprint density at radius 1 is 1.21 bits per heavy atom. The van der Waals surface area contributed by atoms with Crippen LogP contribution in [0.15, 0.2) is 42.6 Å². The number of hydrogen-bond acceptors (Lipinski definition) is 6. The maximum atomic E-state index is 14.1. The molecular formula is C27H26ClF2N5O3. The van der Waals surface area contributed by atoms with Gasteiger partial charge in [0.1, 0.15) is 18.2 Å². The number of rotatable bonds is 7. The molecule has 1 unspecified atom stereocenters. The summed E-state index contributed by atoms with van der Waals surface area (Å²) in [5, 5.41) is 6.34. The SMILES string of the molecule is CC(NC(=O)CN1Cc2ccc(-c3nc(NC4CCOCC4)ncc3Cl)cc2C1=O)c1ccc(F)cc1F. The average molecular weight is 542 g/mol. The topological polar surface area (TPSA) is 96.5 Å². The van der Waals surface area contributed by atoms with Gasteiger partial charge in [0.2, 0.25) is 11.9 Å².